The minimum absolute atomic E-state index is 0.735. The van der Waals surface area contributed by atoms with E-state index >= 15 is 0 Å². The monoisotopic (exact) mass is 273 g/mol. The second kappa shape index (κ2) is 4.75. The van der Waals surface area contributed by atoms with Crippen LogP contribution in [0, 0.1) is 0 Å². The zero-order valence-electron chi connectivity index (χ0n) is 9.11. The van der Waals surface area contributed by atoms with Gasteiger partial charge in [-0.3, -0.25) is 0 Å². The van der Waals surface area contributed by atoms with Crippen molar-refractivity contribution in [3.05, 3.63) is 42.5 Å². The minimum Gasteiger partial charge on any atom is -0.457 e. The van der Waals surface area contributed by atoms with Gasteiger partial charge in [0.05, 0.1) is 17.4 Å². The first-order valence-corrected chi connectivity index (χ1v) is 6.28. The third-order valence-electron chi connectivity index (χ3n) is 2.40. The highest BCUT2D eigenvalue weighted by Crippen LogP contribution is 2.26. The molecule has 0 saturated heterocycles. The summed E-state index contributed by atoms with van der Waals surface area (Å²) in [6.45, 7) is 0. The summed E-state index contributed by atoms with van der Waals surface area (Å²) in [6.07, 6.45) is 0. The van der Waals surface area contributed by atoms with Crippen molar-refractivity contribution in [2.24, 2.45) is 4.36 Å². The van der Waals surface area contributed by atoms with Crippen molar-refractivity contribution in [3.63, 3.8) is 0 Å². The molecule has 0 spiro atoms. The molecule has 18 heavy (non-hydrogen) atoms. The molecule has 0 aliphatic rings. The largest absolute Gasteiger partial charge is 0.457 e. The number of fused-ring (bicyclic) bond motifs is 1. The molecule has 6 heteroatoms. The van der Waals surface area contributed by atoms with Gasteiger partial charge < -0.3 is 4.74 Å². The van der Waals surface area contributed by atoms with Crippen LogP contribution in [-0.4, -0.2) is 8.75 Å². The number of nitrogens with zero attached hydrogens (tertiary/aromatic N) is 3. The highest BCUT2D eigenvalue weighted by atomic mass is 32.1. The van der Waals surface area contributed by atoms with Crippen molar-refractivity contribution in [1.29, 1.82) is 0 Å². The third kappa shape index (κ3) is 2.20. The van der Waals surface area contributed by atoms with Gasteiger partial charge in [0.2, 0.25) is 0 Å². The molecular formula is C12H7N3OS2. The molecule has 88 valence electrons. The Balaban J connectivity index is 1.87. The molecule has 0 radical (unpaired) electrons. The molecule has 0 N–H and O–H groups in total. The molecule has 0 fully saturated rings. The molecule has 1 aromatic heterocycles. The highest BCUT2D eigenvalue weighted by molar-refractivity contribution is 7.47. The van der Waals surface area contributed by atoms with Gasteiger partial charge in [-0.25, -0.2) is 0 Å². The van der Waals surface area contributed by atoms with E-state index in [1.54, 1.807) is 0 Å². The molecule has 0 saturated carbocycles. The van der Waals surface area contributed by atoms with Crippen LogP contribution >= 0.6 is 11.7 Å². The zero-order chi connectivity index (χ0) is 12.4. The van der Waals surface area contributed by atoms with Crippen LogP contribution in [0.5, 0.6) is 11.5 Å². The van der Waals surface area contributed by atoms with Gasteiger partial charge in [-0.05, 0) is 36.4 Å². The predicted molar refractivity (Wildman–Crippen MR) is 73.4 cm³/mol. The van der Waals surface area contributed by atoms with Gasteiger partial charge in [0, 0.05) is 18.5 Å². The number of aromatic nitrogens is 2. The van der Waals surface area contributed by atoms with E-state index in [0.717, 1.165) is 28.2 Å². The minimum atomic E-state index is 0.735. The normalized spacial score (nSPS) is 10.4. The SMILES string of the molecule is S=Nc1ccc(Oc2ccc3nsnc3c2)cc1. The van der Waals surface area contributed by atoms with Gasteiger partial charge in [-0.1, -0.05) is 0 Å². The van der Waals surface area contributed by atoms with Gasteiger partial charge in [0.25, 0.3) is 0 Å². The fourth-order valence-electron chi connectivity index (χ4n) is 1.54. The van der Waals surface area contributed by atoms with Crippen LogP contribution in [0.25, 0.3) is 11.0 Å². The van der Waals surface area contributed by atoms with Crippen LogP contribution in [-0.2, 0) is 12.4 Å². The molecule has 0 unspecified atom stereocenters. The van der Waals surface area contributed by atoms with Crippen molar-refractivity contribution >= 4 is 40.9 Å². The second-order valence-electron chi connectivity index (χ2n) is 3.60. The quantitative estimate of drug-likeness (QED) is 0.727. The molecule has 0 aliphatic carbocycles. The van der Waals surface area contributed by atoms with Crippen LogP contribution in [0.2, 0.25) is 0 Å². The number of rotatable bonds is 3. The summed E-state index contributed by atoms with van der Waals surface area (Å²) in [7, 11) is 0. The summed E-state index contributed by atoms with van der Waals surface area (Å²) in [5.74, 6) is 1.47. The number of benzene rings is 2. The van der Waals surface area contributed by atoms with Gasteiger partial charge >= 0.3 is 0 Å². The maximum absolute atomic E-state index is 5.72. The summed E-state index contributed by atoms with van der Waals surface area (Å²) in [5.41, 5.74) is 2.47. The number of ether oxygens (including phenoxy) is 1. The Morgan fingerprint density at radius 2 is 1.67 bits per heavy atom. The average Bonchev–Trinajstić information content (AvgIpc) is 2.87. The van der Waals surface area contributed by atoms with Crippen molar-refractivity contribution in [3.8, 4) is 11.5 Å². The lowest BCUT2D eigenvalue weighted by Gasteiger charge is -2.05. The average molecular weight is 273 g/mol. The Kier molecular flexibility index (Phi) is 2.95. The van der Waals surface area contributed by atoms with E-state index in [1.165, 1.54) is 11.7 Å². The van der Waals surface area contributed by atoms with Crippen molar-refractivity contribution in [1.82, 2.24) is 8.75 Å². The van der Waals surface area contributed by atoms with E-state index in [0.29, 0.717) is 0 Å². The van der Waals surface area contributed by atoms with E-state index in [2.05, 4.69) is 25.5 Å². The number of hydrogen-bond donors (Lipinski definition) is 0. The second-order valence-corrected chi connectivity index (χ2v) is 4.31. The summed E-state index contributed by atoms with van der Waals surface area (Å²) in [4.78, 5) is 0. The predicted octanol–water partition coefficient (Wildman–Crippen LogP) is 3.85. The summed E-state index contributed by atoms with van der Waals surface area (Å²) < 4.78 is 17.7. The van der Waals surface area contributed by atoms with Gasteiger partial charge in [-0.2, -0.15) is 13.1 Å². The lowest BCUT2D eigenvalue weighted by Crippen LogP contribution is -1.83. The first-order chi connectivity index (χ1) is 8.85. The molecular weight excluding hydrogens is 266 g/mol. The van der Waals surface area contributed by atoms with E-state index in [9.17, 15) is 0 Å². The molecule has 4 nitrogen and oxygen atoms in total. The first kappa shape index (κ1) is 11.2. The Labute approximate surface area is 113 Å². The molecule has 2 aromatic carbocycles. The Morgan fingerprint density at radius 3 is 2.44 bits per heavy atom. The summed E-state index contributed by atoms with van der Waals surface area (Å²) in [5, 5.41) is 0. The zero-order valence-corrected chi connectivity index (χ0v) is 10.7. The van der Waals surface area contributed by atoms with Crippen LogP contribution in [0.3, 0.4) is 0 Å². The maximum atomic E-state index is 5.72. The standard InChI is InChI=1S/C12H7N3OS2/c17-13-8-1-3-9(4-2-8)16-10-5-6-11-12(7-10)15-18-14-11/h1-7H. The lowest BCUT2D eigenvalue weighted by molar-refractivity contribution is 0.483. The van der Waals surface area contributed by atoms with Gasteiger partial charge in [0.1, 0.15) is 22.5 Å². The summed E-state index contributed by atoms with van der Waals surface area (Å²) in [6, 6.07) is 12.9. The van der Waals surface area contributed by atoms with Crippen molar-refractivity contribution < 1.29 is 4.74 Å². The highest BCUT2D eigenvalue weighted by Gasteiger charge is 2.02. The summed E-state index contributed by atoms with van der Waals surface area (Å²) >= 11 is 5.80. The molecule has 0 aliphatic heterocycles. The number of hydrogen-bond acceptors (Lipinski definition) is 6. The Bertz CT molecular complexity index is 694. The van der Waals surface area contributed by atoms with Crippen LogP contribution in [0.15, 0.2) is 46.8 Å². The molecule has 0 amide bonds. The van der Waals surface area contributed by atoms with Gasteiger partial charge in [-0.15, -0.1) is 0 Å². The van der Waals surface area contributed by atoms with Crippen molar-refractivity contribution in [2.75, 3.05) is 0 Å². The Hall–Kier alpha value is -1.92. The fourth-order valence-corrected chi connectivity index (χ4v) is 2.18. The first-order valence-electron chi connectivity index (χ1n) is 5.19. The van der Waals surface area contributed by atoms with E-state index in [-0.39, 0.29) is 0 Å². The Morgan fingerprint density at radius 1 is 0.944 bits per heavy atom. The molecule has 3 aromatic rings. The van der Waals surface area contributed by atoms with Crippen LogP contribution in [0.4, 0.5) is 5.69 Å². The van der Waals surface area contributed by atoms with Crippen LogP contribution < -0.4 is 4.74 Å². The molecule has 1 heterocycles. The van der Waals surface area contributed by atoms with E-state index < -0.39 is 0 Å². The van der Waals surface area contributed by atoms with E-state index in [4.69, 9.17) is 4.74 Å². The molecule has 0 atom stereocenters. The fraction of sp³-hybridized carbons (Fsp3) is 0. The third-order valence-corrected chi connectivity index (χ3v) is 3.17. The maximum Gasteiger partial charge on any atom is 0.129 e. The molecule has 3 rings (SSSR count). The van der Waals surface area contributed by atoms with Crippen LogP contribution in [0.1, 0.15) is 0 Å². The van der Waals surface area contributed by atoms with Gasteiger partial charge in [0.15, 0.2) is 0 Å². The molecule has 0 bridgehead atoms. The smallest absolute Gasteiger partial charge is 0.129 e. The topological polar surface area (TPSA) is 47.4 Å². The van der Waals surface area contributed by atoms with E-state index in [1.807, 2.05) is 42.5 Å². The van der Waals surface area contributed by atoms with Crippen molar-refractivity contribution in [2.45, 2.75) is 0 Å². The lowest BCUT2D eigenvalue weighted by atomic mass is 10.3.